The summed E-state index contributed by atoms with van der Waals surface area (Å²) in [5.74, 6) is -0.253. The Hall–Kier alpha value is -3.98. The van der Waals surface area contributed by atoms with Crippen LogP contribution in [0.4, 0.5) is 10.1 Å². The maximum atomic E-state index is 13.6. The van der Waals surface area contributed by atoms with Crippen molar-refractivity contribution in [3.05, 3.63) is 95.3 Å². The Labute approximate surface area is 224 Å². The molecule has 0 radical (unpaired) electrons. The van der Waals surface area contributed by atoms with Gasteiger partial charge >= 0.3 is 0 Å². The van der Waals surface area contributed by atoms with E-state index < -0.39 is 5.25 Å². The average molecular weight is 531 g/mol. The third-order valence-electron chi connectivity index (χ3n) is 6.29. The van der Waals surface area contributed by atoms with Gasteiger partial charge in [0.2, 0.25) is 5.91 Å². The van der Waals surface area contributed by atoms with E-state index in [0.29, 0.717) is 23.9 Å². The van der Waals surface area contributed by atoms with Crippen LogP contribution in [0.1, 0.15) is 42.5 Å². The van der Waals surface area contributed by atoms with Crippen LogP contribution in [0.15, 0.2) is 82.9 Å². The molecule has 0 bridgehead atoms. The number of halogens is 1. The summed E-state index contributed by atoms with van der Waals surface area (Å²) in [4.78, 5) is 29.8. The predicted octanol–water partition coefficient (Wildman–Crippen LogP) is 5.71. The van der Waals surface area contributed by atoms with E-state index in [1.54, 1.807) is 41.4 Å². The summed E-state index contributed by atoms with van der Waals surface area (Å²) in [6.07, 6.45) is 0.554. The van der Waals surface area contributed by atoms with Gasteiger partial charge in [-0.3, -0.25) is 9.59 Å². The second kappa shape index (κ2) is 11.2. The van der Waals surface area contributed by atoms with Crippen molar-refractivity contribution in [3.8, 4) is 5.75 Å². The standard InChI is InChI=1S/C29H27FN4O3S/c1-3-37-23-14-12-22(13-15-23)31-27(35)17-26-28(36)32-29(38-26)34-25(20-8-10-21(30)11-9-20)16-24(33-34)19-6-4-18(2)5-7-19/h4-15,25-26H,3,16-17H2,1-2H3,(H,31,35). The SMILES string of the molecule is CCOc1ccc(NC(=O)CC2SC(N3N=C(c4ccc(C)cc4)CC3c3ccc(F)cc3)=NC2=O)cc1. The zero-order valence-electron chi connectivity index (χ0n) is 21.1. The fraction of sp³-hybridized carbons (Fsp3) is 0.241. The molecule has 2 unspecified atom stereocenters. The topological polar surface area (TPSA) is 83.4 Å². The number of amides is 2. The molecule has 0 aliphatic carbocycles. The van der Waals surface area contributed by atoms with Gasteiger partial charge in [0, 0.05) is 18.5 Å². The van der Waals surface area contributed by atoms with Crippen LogP contribution in [0.3, 0.4) is 0 Å². The lowest BCUT2D eigenvalue weighted by Gasteiger charge is -2.23. The van der Waals surface area contributed by atoms with E-state index in [-0.39, 0.29) is 30.1 Å². The molecule has 1 N–H and O–H groups in total. The summed E-state index contributed by atoms with van der Waals surface area (Å²) in [6, 6.07) is 21.2. The Morgan fingerprint density at radius 2 is 1.79 bits per heavy atom. The molecule has 0 saturated carbocycles. The molecule has 3 aromatic carbocycles. The maximum absolute atomic E-state index is 13.6. The first-order valence-electron chi connectivity index (χ1n) is 12.4. The van der Waals surface area contributed by atoms with Crippen LogP contribution < -0.4 is 10.1 Å². The number of anilines is 1. The molecular weight excluding hydrogens is 503 g/mol. The molecule has 7 nitrogen and oxygen atoms in total. The minimum absolute atomic E-state index is 0.0205. The Bertz CT molecular complexity index is 1390. The zero-order chi connectivity index (χ0) is 26.6. The summed E-state index contributed by atoms with van der Waals surface area (Å²) < 4.78 is 19.1. The molecule has 9 heteroatoms. The molecule has 3 aromatic rings. The van der Waals surface area contributed by atoms with Gasteiger partial charge in [-0.2, -0.15) is 10.1 Å². The first-order chi connectivity index (χ1) is 18.4. The van der Waals surface area contributed by atoms with Crippen LogP contribution >= 0.6 is 11.8 Å². The van der Waals surface area contributed by atoms with Gasteiger partial charge in [0.15, 0.2) is 5.17 Å². The van der Waals surface area contributed by atoms with Crippen LogP contribution in [0.25, 0.3) is 0 Å². The molecular formula is C29H27FN4O3S. The molecule has 0 spiro atoms. The van der Waals surface area contributed by atoms with Gasteiger partial charge in [-0.05, 0) is 61.4 Å². The van der Waals surface area contributed by atoms with E-state index in [2.05, 4.69) is 10.3 Å². The molecule has 0 saturated heterocycles. The minimum Gasteiger partial charge on any atom is -0.494 e. The Morgan fingerprint density at radius 1 is 1.08 bits per heavy atom. The van der Waals surface area contributed by atoms with Crippen molar-refractivity contribution < 1.29 is 18.7 Å². The highest BCUT2D eigenvalue weighted by molar-refractivity contribution is 8.15. The van der Waals surface area contributed by atoms with Crippen molar-refractivity contribution in [2.24, 2.45) is 10.1 Å². The van der Waals surface area contributed by atoms with Crippen molar-refractivity contribution in [2.45, 2.75) is 38.0 Å². The van der Waals surface area contributed by atoms with Crippen LogP contribution in [0.2, 0.25) is 0 Å². The second-order valence-corrected chi connectivity index (χ2v) is 10.2. The lowest BCUT2D eigenvalue weighted by Crippen LogP contribution is -2.25. The summed E-state index contributed by atoms with van der Waals surface area (Å²) in [5.41, 5.74) is 4.47. The van der Waals surface area contributed by atoms with Gasteiger partial charge in [-0.25, -0.2) is 9.40 Å². The molecule has 2 aliphatic rings. The quantitative estimate of drug-likeness (QED) is 0.423. The van der Waals surface area contributed by atoms with Crippen LogP contribution in [0, 0.1) is 12.7 Å². The van der Waals surface area contributed by atoms with Gasteiger partial charge < -0.3 is 10.1 Å². The lowest BCUT2D eigenvalue weighted by atomic mass is 9.98. The normalized spacial score (nSPS) is 18.8. The van der Waals surface area contributed by atoms with Gasteiger partial charge in [0.25, 0.3) is 5.91 Å². The first kappa shape index (κ1) is 25.7. The number of aryl methyl sites for hydroxylation is 1. The highest BCUT2D eigenvalue weighted by atomic mass is 32.2. The van der Waals surface area contributed by atoms with Gasteiger partial charge in [0.1, 0.15) is 16.8 Å². The highest BCUT2D eigenvalue weighted by Crippen LogP contribution is 2.38. The largest absolute Gasteiger partial charge is 0.494 e. The number of carbonyl (C=O) groups excluding carboxylic acids is 2. The van der Waals surface area contributed by atoms with Crippen LogP contribution in [-0.2, 0) is 9.59 Å². The fourth-order valence-electron chi connectivity index (χ4n) is 4.34. The highest BCUT2D eigenvalue weighted by Gasteiger charge is 2.39. The summed E-state index contributed by atoms with van der Waals surface area (Å²) in [5, 5.41) is 9.17. The molecule has 0 aromatic heterocycles. The van der Waals surface area contributed by atoms with E-state index >= 15 is 0 Å². The molecule has 194 valence electrons. The number of thioether (sulfide) groups is 1. The molecule has 2 heterocycles. The number of hydrogen-bond donors (Lipinski definition) is 1. The van der Waals surface area contributed by atoms with Crippen molar-refractivity contribution in [1.29, 1.82) is 0 Å². The second-order valence-electron chi connectivity index (χ2n) is 9.08. The number of hydrazone groups is 1. The number of aliphatic imine (C=N–C) groups is 1. The number of nitrogens with one attached hydrogen (secondary N) is 1. The van der Waals surface area contributed by atoms with E-state index in [1.807, 2.05) is 38.1 Å². The Morgan fingerprint density at radius 3 is 2.47 bits per heavy atom. The van der Waals surface area contributed by atoms with E-state index in [4.69, 9.17) is 9.84 Å². The van der Waals surface area contributed by atoms with Crippen molar-refractivity contribution in [1.82, 2.24) is 5.01 Å². The van der Waals surface area contributed by atoms with E-state index in [9.17, 15) is 14.0 Å². The third-order valence-corrected chi connectivity index (χ3v) is 7.44. The molecule has 2 amide bonds. The smallest absolute Gasteiger partial charge is 0.262 e. The molecule has 2 atom stereocenters. The molecule has 5 rings (SSSR count). The lowest BCUT2D eigenvalue weighted by molar-refractivity contribution is -0.121. The van der Waals surface area contributed by atoms with Gasteiger partial charge in [-0.1, -0.05) is 53.7 Å². The first-order valence-corrected chi connectivity index (χ1v) is 13.3. The molecule has 2 aliphatic heterocycles. The Balaban J connectivity index is 1.31. The van der Waals surface area contributed by atoms with Crippen molar-refractivity contribution >= 4 is 40.1 Å². The Kier molecular flexibility index (Phi) is 7.55. The van der Waals surface area contributed by atoms with Crippen molar-refractivity contribution in [2.75, 3.05) is 11.9 Å². The van der Waals surface area contributed by atoms with Gasteiger partial charge in [-0.15, -0.1) is 0 Å². The summed E-state index contributed by atoms with van der Waals surface area (Å²) >= 11 is 1.23. The number of amidine groups is 1. The third kappa shape index (κ3) is 5.78. The summed E-state index contributed by atoms with van der Waals surface area (Å²) in [7, 11) is 0. The summed E-state index contributed by atoms with van der Waals surface area (Å²) in [6.45, 7) is 4.49. The number of hydrogen-bond acceptors (Lipinski definition) is 6. The number of nitrogens with zero attached hydrogens (tertiary/aromatic N) is 3. The van der Waals surface area contributed by atoms with E-state index in [0.717, 1.165) is 28.2 Å². The fourth-order valence-corrected chi connectivity index (χ4v) is 5.40. The maximum Gasteiger partial charge on any atom is 0.262 e. The van der Waals surface area contributed by atoms with Crippen LogP contribution in [0.5, 0.6) is 5.75 Å². The number of rotatable bonds is 7. The van der Waals surface area contributed by atoms with Crippen molar-refractivity contribution in [3.63, 3.8) is 0 Å². The van der Waals surface area contributed by atoms with E-state index in [1.165, 1.54) is 23.9 Å². The number of carbonyl (C=O) groups is 2. The molecule has 38 heavy (non-hydrogen) atoms. The number of benzene rings is 3. The van der Waals surface area contributed by atoms with Gasteiger partial charge in [0.05, 0.1) is 18.4 Å². The number of ether oxygens (including phenoxy) is 1. The monoisotopic (exact) mass is 530 g/mol. The zero-order valence-corrected chi connectivity index (χ0v) is 21.9. The predicted molar refractivity (Wildman–Crippen MR) is 148 cm³/mol. The van der Waals surface area contributed by atoms with Crippen LogP contribution in [-0.4, -0.2) is 39.6 Å². The minimum atomic E-state index is -0.653. The average Bonchev–Trinajstić information content (AvgIpc) is 3.50. The molecule has 0 fully saturated rings.